The standard InChI is InChI=1S/C11H12O5/c1-14-10-7-9(16-15-2)5-3-8(10)4-6-11(12)13/h3-7H,1-2H3,(H,12,13)/b6-4+. The second-order valence-corrected chi connectivity index (χ2v) is 2.83. The summed E-state index contributed by atoms with van der Waals surface area (Å²) < 4.78 is 5.08. The Hall–Kier alpha value is -2.01. The average Bonchev–Trinajstić information content (AvgIpc) is 2.27. The van der Waals surface area contributed by atoms with E-state index in [0.717, 1.165) is 6.08 Å². The Labute approximate surface area is 92.8 Å². The molecule has 0 saturated carbocycles. The van der Waals surface area contributed by atoms with Crippen molar-refractivity contribution < 1.29 is 24.4 Å². The van der Waals surface area contributed by atoms with Gasteiger partial charge in [-0.05, 0) is 18.2 Å². The Kier molecular flexibility index (Phi) is 4.35. The monoisotopic (exact) mass is 224 g/mol. The first-order valence-electron chi connectivity index (χ1n) is 4.47. The molecule has 0 bridgehead atoms. The molecule has 5 nitrogen and oxygen atoms in total. The Morgan fingerprint density at radius 3 is 2.69 bits per heavy atom. The molecular formula is C11H12O5. The molecule has 0 unspecified atom stereocenters. The largest absolute Gasteiger partial charge is 0.496 e. The summed E-state index contributed by atoms with van der Waals surface area (Å²) in [6.07, 6.45) is 2.48. The van der Waals surface area contributed by atoms with E-state index in [4.69, 9.17) is 14.7 Å². The molecule has 0 aromatic heterocycles. The van der Waals surface area contributed by atoms with Crippen molar-refractivity contribution >= 4 is 12.0 Å². The van der Waals surface area contributed by atoms with Crippen LogP contribution in [0.1, 0.15) is 5.56 Å². The van der Waals surface area contributed by atoms with Crippen LogP contribution in [-0.4, -0.2) is 25.3 Å². The Balaban J connectivity index is 2.97. The third kappa shape index (κ3) is 3.29. The van der Waals surface area contributed by atoms with Gasteiger partial charge in [0.05, 0.1) is 14.2 Å². The van der Waals surface area contributed by atoms with Crippen molar-refractivity contribution in [2.45, 2.75) is 0 Å². The summed E-state index contributed by atoms with van der Waals surface area (Å²) in [6.45, 7) is 0. The highest BCUT2D eigenvalue weighted by Gasteiger charge is 2.03. The topological polar surface area (TPSA) is 65.0 Å². The van der Waals surface area contributed by atoms with Crippen molar-refractivity contribution in [3.05, 3.63) is 29.8 Å². The molecule has 0 fully saturated rings. The number of rotatable bonds is 5. The molecule has 0 spiro atoms. The van der Waals surface area contributed by atoms with Gasteiger partial charge in [-0.2, -0.15) is 4.89 Å². The lowest BCUT2D eigenvalue weighted by atomic mass is 10.2. The number of hydrogen-bond acceptors (Lipinski definition) is 4. The van der Waals surface area contributed by atoms with Crippen LogP contribution in [0, 0.1) is 0 Å². The first kappa shape index (κ1) is 12.1. The number of ether oxygens (including phenoxy) is 1. The SMILES string of the molecule is COOc1ccc(/C=C/C(=O)O)c(OC)c1. The quantitative estimate of drug-likeness (QED) is 0.468. The summed E-state index contributed by atoms with van der Waals surface area (Å²) in [5.41, 5.74) is 0.647. The zero-order valence-electron chi connectivity index (χ0n) is 8.97. The van der Waals surface area contributed by atoms with E-state index in [1.807, 2.05) is 0 Å². The number of aliphatic carboxylic acids is 1. The zero-order chi connectivity index (χ0) is 12.0. The Morgan fingerprint density at radius 1 is 1.38 bits per heavy atom. The van der Waals surface area contributed by atoms with Gasteiger partial charge in [-0.15, -0.1) is 0 Å². The van der Waals surface area contributed by atoms with Gasteiger partial charge in [0.15, 0.2) is 5.75 Å². The fourth-order valence-electron chi connectivity index (χ4n) is 1.14. The van der Waals surface area contributed by atoms with Gasteiger partial charge in [0, 0.05) is 17.7 Å². The second kappa shape index (κ2) is 5.77. The lowest BCUT2D eigenvalue weighted by Crippen LogP contribution is -1.93. The van der Waals surface area contributed by atoms with E-state index in [1.165, 1.54) is 20.3 Å². The molecule has 0 saturated heterocycles. The molecule has 5 heteroatoms. The molecule has 1 rings (SSSR count). The molecule has 1 aromatic rings. The van der Waals surface area contributed by atoms with Crippen LogP contribution in [0.5, 0.6) is 11.5 Å². The van der Waals surface area contributed by atoms with Crippen LogP contribution >= 0.6 is 0 Å². The van der Waals surface area contributed by atoms with E-state index < -0.39 is 5.97 Å². The van der Waals surface area contributed by atoms with Gasteiger partial charge in [0.2, 0.25) is 0 Å². The van der Waals surface area contributed by atoms with Gasteiger partial charge in [-0.1, -0.05) is 0 Å². The number of carboxylic acid groups (broad SMARTS) is 1. The van der Waals surface area contributed by atoms with Gasteiger partial charge in [0.1, 0.15) is 5.75 Å². The van der Waals surface area contributed by atoms with Crippen molar-refractivity contribution in [1.29, 1.82) is 0 Å². The molecular weight excluding hydrogens is 212 g/mol. The molecule has 1 aromatic carbocycles. The van der Waals surface area contributed by atoms with E-state index in [1.54, 1.807) is 18.2 Å². The van der Waals surface area contributed by atoms with Crippen LogP contribution in [0.4, 0.5) is 0 Å². The van der Waals surface area contributed by atoms with E-state index in [2.05, 4.69) is 4.89 Å². The fraction of sp³-hybridized carbons (Fsp3) is 0.182. The summed E-state index contributed by atoms with van der Waals surface area (Å²) in [4.78, 5) is 19.7. The molecule has 0 aliphatic rings. The number of carbonyl (C=O) groups is 1. The predicted molar refractivity (Wildman–Crippen MR) is 57.3 cm³/mol. The van der Waals surface area contributed by atoms with Crippen LogP contribution in [0.2, 0.25) is 0 Å². The lowest BCUT2D eigenvalue weighted by Gasteiger charge is -2.07. The van der Waals surface area contributed by atoms with Crippen LogP contribution < -0.4 is 9.62 Å². The molecule has 0 amide bonds. The maximum atomic E-state index is 10.4. The van der Waals surface area contributed by atoms with E-state index >= 15 is 0 Å². The second-order valence-electron chi connectivity index (χ2n) is 2.83. The van der Waals surface area contributed by atoms with Gasteiger partial charge >= 0.3 is 5.97 Å². The van der Waals surface area contributed by atoms with Crippen molar-refractivity contribution in [3.63, 3.8) is 0 Å². The van der Waals surface area contributed by atoms with Crippen LogP contribution in [0.3, 0.4) is 0 Å². The summed E-state index contributed by atoms with van der Waals surface area (Å²) >= 11 is 0. The summed E-state index contributed by atoms with van der Waals surface area (Å²) in [7, 11) is 2.88. The van der Waals surface area contributed by atoms with Gasteiger partial charge in [-0.25, -0.2) is 4.79 Å². The minimum absolute atomic E-state index is 0.479. The molecule has 86 valence electrons. The lowest BCUT2D eigenvalue weighted by molar-refractivity contribution is -0.178. The number of carboxylic acids is 1. The van der Waals surface area contributed by atoms with E-state index in [9.17, 15) is 4.79 Å². The van der Waals surface area contributed by atoms with Gasteiger partial charge < -0.3 is 14.7 Å². The van der Waals surface area contributed by atoms with E-state index in [-0.39, 0.29) is 0 Å². The van der Waals surface area contributed by atoms with Crippen LogP contribution in [0.25, 0.3) is 6.08 Å². The van der Waals surface area contributed by atoms with Crippen LogP contribution in [-0.2, 0) is 9.68 Å². The van der Waals surface area contributed by atoms with Crippen LogP contribution in [0.15, 0.2) is 24.3 Å². The first-order chi connectivity index (χ1) is 7.67. The number of hydrogen-bond donors (Lipinski definition) is 1. The minimum atomic E-state index is -1.01. The third-order valence-corrected chi connectivity index (χ3v) is 1.79. The van der Waals surface area contributed by atoms with Crippen molar-refractivity contribution in [2.75, 3.05) is 14.2 Å². The molecule has 1 N–H and O–H groups in total. The first-order valence-corrected chi connectivity index (χ1v) is 4.47. The normalized spacial score (nSPS) is 10.4. The third-order valence-electron chi connectivity index (χ3n) is 1.79. The molecule has 0 radical (unpaired) electrons. The van der Waals surface area contributed by atoms with Gasteiger partial charge in [-0.3, -0.25) is 0 Å². The summed E-state index contributed by atoms with van der Waals surface area (Å²) in [5.74, 6) is -0.0295. The number of benzene rings is 1. The number of methoxy groups -OCH3 is 1. The maximum Gasteiger partial charge on any atom is 0.328 e. The van der Waals surface area contributed by atoms with Crippen molar-refractivity contribution in [1.82, 2.24) is 0 Å². The van der Waals surface area contributed by atoms with Gasteiger partial charge in [0.25, 0.3) is 0 Å². The molecule has 0 aliphatic heterocycles. The highest BCUT2D eigenvalue weighted by Crippen LogP contribution is 2.25. The highest BCUT2D eigenvalue weighted by atomic mass is 17.2. The molecule has 0 heterocycles. The zero-order valence-corrected chi connectivity index (χ0v) is 8.97. The molecule has 16 heavy (non-hydrogen) atoms. The molecule has 0 atom stereocenters. The van der Waals surface area contributed by atoms with Crippen molar-refractivity contribution in [3.8, 4) is 11.5 Å². The fourth-order valence-corrected chi connectivity index (χ4v) is 1.14. The summed E-state index contributed by atoms with van der Waals surface area (Å²) in [6, 6.07) is 4.92. The maximum absolute atomic E-state index is 10.4. The average molecular weight is 224 g/mol. The van der Waals surface area contributed by atoms with Crippen molar-refractivity contribution in [2.24, 2.45) is 0 Å². The van der Waals surface area contributed by atoms with E-state index in [0.29, 0.717) is 17.1 Å². The smallest absolute Gasteiger partial charge is 0.328 e. The highest BCUT2D eigenvalue weighted by molar-refractivity contribution is 5.86. The Bertz CT molecular complexity index is 397. The predicted octanol–water partition coefficient (Wildman–Crippen LogP) is 1.73. The minimum Gasteiger partial charge on any atom is -0.496 e. The molecule has 0 aliphatic carbocycles. The Morgan fingerprint density at radius 2 is 2.12 bits per heavy atom. The summed E-state index contributed by atoms with van der Waals surface area (Å²) in [5, 5.41) is 8.50.